The first-order chi connectivity index (χ1) is 7.70. The molecule has 1 radical (unpaired) electrons. The van der Waals surface area contributed by atoms with E-state index < -0.39 is 11.6 Å². The van der Waals surface area contributed by atoms with Crippen molar-refractivity contribution in [2.24, 2.45) is 0 Å². The van der Waals surface area contributed by atoms with Gasteiger partial charge in [-0.25, -0.2) is 8.78 Å². The lowest BCUT2D eigenvalue weighted by molar-refractivity contribution is 0.414. The SMILES string of the molecule is COc1[c]ccc(-c2ncc(F)cc2F)c1. The predicted octanol–water partition coefficient (Wildman–Crippen LogP) is 2.84. The van der Waals surface area contributed by atoms with Crippen molar-refractivity contribution in [1.29, 1.82) is 0 Å². The van der Waals surface area contributed by atoms with E-state index in [0.29, 0.717) is 11.3 Å². The molecule has 4 heteroatoms. The Hall–Kier alpha value is -1.97. The van der Waals surface area contributed by atoms with E-state index in [-0.39, 0.29) is 5.69 Å². The fourth-order valence-electron chi connectivity index (χ4n) is 1.34. The van der Waals surface area contributed by atoms with Crippen LogP contribution in [0.5, 0.6) is 5.75 Å². The average molecular weight is 220 g/mol. The van der Waals surface area contributed by atoms with Crippen LogP contribution in [0.2, 0.25) is 0 Å². The molecule has 0 saturated heterocycles. The van der Waals surface area contributed by atoms with E-state index in [9.17, 15) is 8.78 Å². The normalized spacial score (nSPS) is 10.2. The van der Waals surface area contributed by atoms with Crippen LogP contribution in [-0.2, 0) is 0 Å². The highest BCUT2D eigenvalue weighted by Crippen LogP contribution is 2.24. The molecule has 0 bridgehead atoms. The summed E-state index contributed by atoms with van der Waals surface area (Å²) in [6.45, 7) is 0. The fraction of sp³-hybridized carbons (Fsp3) is 0.0833. The molecule has 0 fully saturated rings. The second-order valence-electron chi connectivity index (χ2n) is 3.13. The molecule has 0 N–H and O–H groups in total. The summed E-state index contributed by atoms with van der Waals surface area (Å²) >= 11 is 0. The Morgan fingerprint density at radius 1 is 1.31 bits per heavy atom. The van der Waals surface area contributed by atoms with Crippen molar-refractivity contribution in [3.05, 3.63) is 48.2 Å². The third-order valence-corrected chi connectivity index (χ3v) is 2.08. The standard InChI is InChI=1S/C12H8F2NO/c1-16-10-4-2-3-8(5-10)12-11(14)6-9(13)7-15-12/h2-3,5-7H,1H3. The first kappa shape index (κ1) is 10.5. The van der Waals surface area contributed by atoms with Gasteiger partial charge in [0.15, 0.2) is 5.82 Å². The largest absolute Gasteiger partial charge is 0.496 e. The molecular formula is C12H8F2NO. The summed E-state index contributed by atoms with van der Waals surface area (Å²) in [7, 11) is 1.49. The number of ether oxygens (including phenoxy) is 1. The predicted molar refractivity (Wildman–Crippen MR) is 55.0 cm³/mol. The van der Waals surface area contributed by atoms with Crippen LogP contribution in [0.1, 0.15) is 0 Å². The van der Waals surface area contributed by atoms with Crippen molar-refractivity contribution < 1.29 is 13.5 Å². The molecular weight excluding hydrogens is 212 g/mol. The molecule has 1 aromatic heterocycles. The van der Waals surface area contributed by atoms with Crippen LogP contribution in [0.15, 0.2) is 30.5 Å². The number of hydrogen-bond acceptors (Lipinski definition) is 2. The van der Waals surface area contributed by atoms with Crippen LogP contribution in [0.4, 0.5) is 8.78 Å². The maximum absolute atomic E-state index is 13.4. The highest BCUT2D eigenvalue weighted by molar-refractivity contribution is 5.61. The van der Waals surface area contributed by atoms with Gasteiger partial charge in [-0.2, -0.15) is 0 Å². The molecule has 2 rings (SSSR count). The Balaban J connectivity index is 2.49. The molecule has 1 heterocycles. The Morgan fingerprint density at radius 2 is 2.12 bits per heavy atom. The third-order valence-electron chi connectivity index (χ3n) is 2.08. The van der Waals surface area contributed by atoms with E-state index >= 15 is 0 Å². The number of rotatable bonds is 2. The first-order valence-electron chi connectivity index (χ1n) is 4.58. The number of methoxy groups -OCH3 is 1. The molecule has 0 aliphatic rings. The molecule has 81 valence electrons. The number of aromatic nitrogens is 1. The molecule has 2 aromatic rings. The number of halogens is 2. The van der Waals surface area contributed by atoms with Gasteiger partial charge in [-0.1, -0.05) is 6.07 Å². The van der Waals surface area contributed by atoms with Crippen molar-refractivity contribution in [2.45, 2.75) is 0 Å². The van der Waals surface area contributed by atoms with Crippen molar-refractivity contribution in [1.82, 2.24) is 4.98 Å². The minimum Gasteiger partial charge on any atom is -0.496 e. The zero-order chi connectivity index (χ0) is 11.5. The van der Waals surface area contributed by atoms with Crippen LogP contribution >= 0.6 is 0 Å². The summed E-state index contributed by atoms with van der Waals surface area (Å²) in [4.78, 5) is 3.70. The Kier molecular flexibility index (Phi) is 2.81. The number of benzene rings is 1. The van der Waals surface area contributed by atoms with Crippen molar-refractivity contribution >= 4 is 0 Å². The van der Waals surface area contributed by atoms with Gasteiger partial charge in [0.1, 0.15) is 17.3 Å². The van der Waals surface area contributed by atoms with E-state index in [1.54, 1.807) is 18.2 Å². The number of nitrogens with zero attached hydrogens (tertiary/aromatic N) is 1. The average Bonchev–Trinajstić information content (AvgIpc) is 2.29. The molecule has 0 amide bonds. The lowest BCUT2D eigenvalue weighted by Crippen LogP contribution is -1.92. The molecule has 0 aliphatic heterocycles. The van der Waals surface area contributed by atoms with Crippen molar-refractivity contribution in [2.75, 3.05) is 7.11 Å². The maximum atomic E-state index is 13.4. The Bertz CT molecular complexity index is 514. The lowest BCUT2D eigenvalue weighted by Gasteiger charge is -2.04. The minimum atomic E-state index is -0.701. The van der Waals surface area contributed by atoms with E-state index in [1.807, 2.05) is 0 Å². The lowest BCUT2D eigenvalue weighted by atomic mass is 10.1. The summed E-state index contributed by atoms with van der Waals surface area (Å²) in [5, 5.41) is 0. The van der Waals surface area contributed by atoms with Gasteiger partial charge in [0.05, 0.1) is 13.3 Å². The van der Waals surface area contributed by atoms with Crippen LogP contribution < -0.4 is 4.74 Å². The molecule has 0 saturated carbocycles. The van der Waals surface area contributed by atoms with Gasteiger partial charge < -0.3 is 4.74 Å². The van der Waals surface area contributed by atoms with Crippen molar-refractivity contribution in [3.63, 3.8) is 0 Å². The molecule has 16 heavy (non-hydrogen) atoms. The van der Waals surface area contributed by atoms with Gasteiger partial charge in [0.25, 0.3) is 0 Å². The summed E-state index contributed by atoms with van der Waals surface area (Å²) in [5.41, 5.74) is 0.613. The van der Waals surface area contributed by atoms with Crippen LogP contribution in [0.3, 0.4) is 0 Å². The summed E-state index contributed by atoms with van der Waals surface area (Å²) in [6, 6.07) is 8.42. The fourth-order valence-corrected chi connectivity index (χ4v) is 1.34. The molecule has 0 unspecified atom stereocenters. The van der Waals surface area contributed by atoms with Gasteiger partial charge in [0.2, 0.25) is 0 Å². The van der Waals surface area contributed by atoms with Crippen molar-refractivity contribution in [3.8, 4) is 17.0 Å². The highest BCUT2D eigenvalue weighted by Gasteiger charge is 2.08. The summed E-state index contributed by atoms with van der Waals surface area (Å²) in [6.07, 6.45) is 0.974. The van der Waals surface area contributed by atoms with E-state index in [1.165, 1.54) is 7.11 Å². The zero-order valence-corrected chi connectivity index (χ0v) is 8.50. The number of hydrogen-bond donors (Lipinski definition) is 0. The number of pyridine rings is 1. The van der Waals surface area contributed by atoms with Crippen LogP contribution in [0, 0.1) is 17.7 Å². The van der Waals surface area contributed by atoms with Gasteiger partial charge in [-0.3, -0.25) is 4.98 Å². The molecule has 1 aromatic carbocycles. The second-order valence-corrected chi connectivity index (χ2v) is 3.13. The van der Waals surface area contributed by atoms with Crippen LogP contribution in [0.25, 0.3) is 11.3 Å². The molecule has 0 atom stereocenters. The maximum Gasteiger partial charge on any atom is 0.152 e. The first-order valence-corrected chi connectivity index (χ1v) is 4.58. The zero-order valence-electron chi connectivity index (χ0n) is 8.50. The minimum absolute atomic E-state index is 0.0914. The van der Waals surface area contributed by atoms with E-state index in [2.05, 4.69) is 11.1 Å². The smallest absolute Gasteiger partial charge is 0.152 e. The van der Waals surface area contributed by atoms with Gasteiger partial charge in [-0.15, -0.1) is 0 Å². The monoisotopic (exact) mass is 220 g/mol. The molecule has 0 spiro atoms. The molecule has 2 nitrogen and oxygen atoms in total. The Morgan fingerprint density at radius 3 is 2.81 bits per heavy atom. The topological polar surface area (TPSA) is 22.1 Å². The highest BCUT2D eigenvalue weighted by atomic mass is 19.1. The summed E-state index contributed by atoms with van der Waals surface area (Å²) in [5.74, 6) is -0.924. The second kappa shape index (κ2) is 4.26. The molecule has 0 aliphatic carbocycles. The van der Waals surface area contributed by atoms with E-state index in [0.717, 1.165) is 12.3 Å². The third kappa shape index (κ3) is 2.00. The summed E-state index contributed by atoms with van der Waals surface area (Å²) < 4.78 is 31.1. The Labute approximate surface area is 91.5 Å². The van der Waals surface area contributed by atoms with Crippen LogP contribution in [-0.4, -0.2) is 12.1 Å². The van der Waals surface area contributed by atoms with E-state index in [4.69, 9.17) is 4.74 Å². The van der Waals surface area contributed by atoms with Gasteiger partial charge >= 0.3 is 0 Å². The van der Waals surface area contributed by atoms with Gasteiger partial charge in [-0.05, 0) is 12.1 Å². The quantitative estimate of drug-likeness (QED) is 0.776. The van der Waals surface area contributed by atoms with Gasteiger partial charge in [0, 0.05) is 17.7 Å².